The standard InChI is InChI=1S/C10H14BBrN2O2/c1-14-2-4-15-11(16-5-3-14)9-6-10(12)8-13-7-9/h6-8H,2-5H2,1H3. The molecule has 1 aliphatic heterocycles. The van der Waals surface area contributed by atoms with Gasteiger partial charge in [-0.3, -0.25) is 4.98 Å². The van der Waals surface area contributed by atoms with Gasteiger partial charge in [-0.25, -0.2) is 0 Å². The second kappa shape index (κ2) is 5.77. The molecule has 0 unspecified atom stereocenters. The number of aromatic nitrogens is 1. The summed E-state index contributed by atoms with van der Waals surface area (Å²) in [6, 6.07) is 1.98. The maximum Gasteiger partial charge on any atom is 0.495 e. The van der Waals surface area contributed by atoms with Crippen molar-refractivity contribution in [3.8, 4) is 0 Å². The second-order valence-corrected chi connectivity index (χ2v) is 4.73. The number of likely N-dealkylation sites (N-methyl/N-ethyl adjacent to an activating group) is 1. The third-order valence-electron chi connectivity index (χ3n) is 2.48. The van der Waals surface area contributed by atoms with Crippen LogP contribution < -0.4 is 5.46 Å². The maximum absolute atomic E-state index is 5.67. The number of nitrogens with zero attached hydrogens (tertiary/aromatic N) is 2. The third-order valence-corrected chi connectivity index (χ3v) is 2.92. The van der Waals surface area contributed by atoms with Gasteiger partial charge in [0, 0.05) is 48.6 Å². The van der Waals surface area contributed by atoms with Gasteiger partial charge in [-0.15, -0.1) is 0 Å². The van der Waals surface area contributed by atoms with Gasteiger partial charge in [0.2, 0.25) is 0 Å². The topological polar surface area (TPSA) is 34.6 Å². The Labute approximate surface area is 104 Å². The third kappa shape index (κ3) is 3.28. The fraction of sp³-hybridized carbons (Fsp3) is 0.500. The Balaban J connectivity index is 2.03. The second-order valence-electron chi connectivity index (χ2n) is 3.81. The van der Waals surface area contributed by atoms with E-state index in [1.165, 1.54) is 0 Å². The minimum atomic E-state index is -0.293. The van der Waals surface area contributed by atoms with Crippen molar-refractivity contribution in [3.63, 3.8) is 0 Å². The van der Waals surface area contributed by atoms with Crippen LogP contribution in [0.1, 0.15) is 0 Å². The van der Waals surface area contributed by atoms with Crippen molar-refractivity contribution in [2.24, 2.45) is 0 Å². The molecule has 1 saturated heterocycles. The van der Waals surface area contributed by atoms with Gasteiger partial charge >= 0.3 is 7.12 Å². The first kappa shape index (κ1) is 12.0. The van der Waals surface area contributed by atoms with E-state index in [1.54, 1.807) is 12.4 Å². The molecule has 4 nitrogen and oxygen atoms in total. The van der Waals surface area contributed by atoms with E-state index in [4.69, 9.17) is 9.31 Å². The van der Waals surface area contributed by atoms with Gasteiger partial charge in [0.25, 0.3) is 0 Å². The van der Waals surface area contributed by atoms with Crippen LogP contribution in [0.5, 0.6) is 0 Å². The lowest BCUT2D eigenvalue weighted by Crippen LogP contribution is -2.43. The Kier molecular flexibility index (Phi) is 4.34. The van der Waals surface area contributed by atoms with Crippen molar-refractivity contribution in [2.75, 3.05) is 33.4 Å². The number of rotatable bonds is 1. The van der Waals surface area contributed by atoms with Gasteiger partial charge in [-0.2, -0.15) is 0 Å². The average Bonchev–Trinajstić information content (AvgIpc) is 2.23. The van der Waals surface area contributed by atoms with E-state index in [2.05, 4.69) is 32.9 Å². The minimum absolute atomic E-state index is 0.293. The highest BCUT2D eigenvalue weighted by Gasteiger charge is 2.23. The number of pyridine rings is 1. The molecule has 1 fully saturated rings. The van der Waals surface area contributed by atoms with Crippen LogP contribution in [0.15, 0.2) is 22.9 Å². The van der Waals surface area contributed by atoms with Gasteiger partial charge in [-0.1, -0.05) is 0 Å². The molecule has 0 radical (unpaired) electrons. The molecule has 0 aromatic carbocycles. The lowest BCUT2D eigenvalue weighted by Gasteiger charge is -2.23. The van der Waals surface area contributed by atoms with E-state index < -0.39 is 0 Å². The Morgan fingerprint density at radius 3 is 2.62 bits per heavy atom. The van der Waals surface area contributed by atoms with Crippen LogP contribution in [-0.2, 0) is 9.31 Å². The summed E-state index contributed by atoms with van der Waals surface area (Å²) < 4.78 is 12.3. The molecule has 1 aromatic rings. The summed E-state index contributed by atoms with van der Waals surface area (Å²) in [6.07, 6.45) is 3.53. The first-order valence-electron chi connectivity index (χ1n) is 5.28. The van der Waals surface area contributed by atoms with Crippen LogP contribution in [0.2, 0.25) is 0 Å². The molecular formula is C10H14BBrN2O2. The monoisotopic (exact) mass is 284 g/mol. The number of hydrogen-bond donors (Lipinski definition) is 0. The summed E-state index contributed by atoms with van der Waals surface area (Å²) in [4.78, 5) is 6.30. The zero-order valence-corrected chi connectivity index (χ0v) is 10.8. The fourth-order valence-electron chi connectivity index (χ4n) is 1.54. The molecule has 86 valence electrons. The Hall–Kier alpha value is -0.425. The van der Waals surface area contributed by atoms with Gasteiger partial charge in [0.1, 0.15) is 0 Å². The van der Waals surface area contributed by atoms with Crippen molar-refractivity contribution >= 4 is 28.5 Å². The molecule has 2 rings (SSSR count). The highest BCUT2D eigenvalue weighted by molar-refractivity contribution is 9.10. The summed E-state index contributed by atoms with van der Waals surface area (Å²) in [5.41, 5.74) is 0.957. The molecule has 0 N–H and O–H groups in total. The van der Waals surface area contributed by atoms with Gasteiger partial charge < -0.3 is 14.2 Å². The van der Waals surface area contributed by atoms with Gasteiger partial charge in [0.05, 0.1) is 0 Å². The fourth-order valence-corrected chi connectivity index (χ4v) is 1.92. The molecule has 0 saturated carbocycles. The van der Waals surface area contributed by atoms with E-state index in [0.717, 1.165) is 23.0 Å². The van der Waals surface area contributed by atoms with Crippen molar-refractivity contribution < 1.29 is 9.31 Å². The van der Waals surface area contributed by atoms with Crippen molar-refractivity contribution in [1.29, 1.82) is 0 Å². The molecule has 0 aliphatic carbocycles. The van der Waals surface area contributed by atoms with Crippen LogP contribution in [0, 0.1) is 0 Å². The summed E-state index contributed by atoms with van der Waals surface area (Å²) in [6.45, 7) is 3.21. The lowest BCUT2D eigenvalue weighted by atomic mass is 9.80. The largest absolute Gasteiger partial charge is 0.495 e. The lowest BCUT2D eigenvalue weighted by molar-refractivity contribution is 0.132. The molecule has 1 aliphatic rings. The Morgan fingerprint density at radius 2 is 2.00 bits per heavy atom. The van der Waals surface area contributed by atoms with E-state index >= 15 is 0 Å². The normalized spacial score (nSPS) is 19.2. The molecule has 2 heterocycles. The van der Waals surface area contributed by atoms with E-state index in [1.807, 2.05) is 6.07 Å². The number of hydrogen-bond acceptors (Lipinski definition) is 4. The molecule has 0 bridgehead atoms. The molecule has 0 spiro atoms. The van der Waals surface area contributed by atoms with Crippen molar-refractivity contribution in [3.05, 3.63) is 22.9 Å². The van der Waals surface area contributed by atoms with E-state index in [0.29, 0.717) is 13.2 Å². The molecule has 0 atom stereocenters. The first-order valence-corrected chi connectivity index (χ1v) is 6.07. The summed E-state index contributed by atoms with van der Waals surface area (Å²) in [5.74, 6) is 0. The predicted molar refractivity (Wildman–Crippen MR) is 66.7 cm³/mol. The molecule has 1 aromatic heterocycles. The van der Waals surface area contributed by atoms with E-state index in [-0.39, 0.29) is 7.12 Å². The summed E-state index contributed by atoms with van der Waals surface area (Å²) in [7, 11) is 1.77. The molecule has 6 heteroatoms. The molecule has 0 amide bonds. The number of halogens is 1. The SMILES string of the molecule is CN1CCOB(c2cncc(Br)c2)OCC1. The first-order chi connectivity index (χ1) is 7.75. The van der Waals surface area contributed by atoms with E-state index in [9.17, 15) is 0 Å². The maximum atomic E-state index is 5.67. The van der Waals surface area contributed by atoms with Crippen LogP contribution in [0.4, 0.5) is 0 Å². The zero-order chi connectivity index (χ0) is 11.4. The van der Waals surface area contributed by atoms with Crippen LogP contribution in [-0.4, -0.2) is 50.4 Å². The summed E-state index contributed by atoms with van der Waals surface area (Å²) in [5, 5.41) is 0. The van der Waals surface area contributed by atoms with Crippen LogP contribution in [0.25, 0.3) is 0 Å². The molecular weight excluding hydrogens is 271 g/mol. The van der Waals surface area contributed by atoms with Crippen LogP contribution >= 0.6 is 15.9 Å². The Bertz CT molecular complexity index is 343. The smallest absolute Gasteiger partial charge is 0.406 e. The Morgan fingerprint density at radius 1 is 1.31 bits per heavy atom. The zero-order valence-electron chi connectivity index (χ0n) is 9.23. The highest BCUT2D eigenvalue weighted by Crippen LogP contribution is 2.05. The predicted octanol–water partition coefficient (Wildman–Crippen LogP) is 0.518. The summed E-state index contributed by atoms with van der Waals surface area (Å²) >= 11 is 3.39. The molecule has 16 heavy (non-hydrogen) atoms. The van der Waals surface area contributed by atoms with Gasteiger partial charge in [-0.05, 0) is 29.0 Å². The highest BCUT2D eigenvalue weighted by atomic mass is 79.9. The van der Waals surface area contributed by atoms with Crippen LogP contribution in [0.3, 0.4) is 0 Å². The minimum Gasteiger partial charge on any atom is -0.406 e. The average molecular weight is 285 g/mol. The van der Waals surface area contributed by atoms with Gasteiger partial charge in [0.15, 0.2) is 0 Å². The van der Waals surface area contributed by atoms with Crippen molar-refractivity contribution in [2.45, 2.75) is 0 Å². The quantitative estimate of drug-likeness (QED) is 0.704. The van der Waals surface area contributed by atoms with Crippen molar-refractivity contribution in [1.82, 2.24) is 9.88 Å².